The van der Waals surface area contributed by atoms with Crippen LogP contribution in [0.4, 0.5) is 0 Å². The van der Waals surface area contributed by atoms with Crippen molar-refractivity contribution in [3.05, 3.63) is 35.9 Å². The molecule has 2 unspecified atom stereocenters. The van der Waals surface area contributed by atoms with Crippen LogP contribution in [0.25, 0.3) is 0 Å². The van der Waals surface area contributed by atoms with E-state index in [0.29, 0.717) is 12.0 Å². The minimum absolute atomic E-state index is 0. The molecule has 0 bridgehead atoms. The van der Waals surface area contributed by atoms with E-state index in [1.807, 2.05) is 30.0 Å². The Labute approximate surface area is 172 Å². The van der Waals surface area contributed by atoms with Crippen molar-refractivity contribution in [3.8, 4) is 0 Å². The summed E-state index contributed by atoms with van der Waals surface area (Å²) in [7, 11) is 3.51. The van der Waals surface area contributed by atoms with E-state index in [9.17, 15) is 4.79 Å². The van der Waals surface area contributed by atoms with Crippen molar-refractivity contribution in [1.29, 1.82) is 0 Å². The number of likely N-dealkylation sites (N-methyl/N-ethyl adjacent to an activating group) is 1. The molecule has 1 amide bonds. The van der Waals surface area contributed by atoms with Crippen LogP contribution in [0.5, 0.6) is 0 Å². The molecule has 0 saturated carbocycles. The highest BCUT2D eigenvalue weighted by atomic mass is 127. The van der Waals surface area contributed by atoms with Crippen molar-refractivity contribution in [3.63, 3.8) is 0 Å². The summed E-state index contributed by atoms with van der Waals surface area (Å²) in [6, 6.07) is 10.8. The van der Waals surface area contributed by atoms with Gasteiger partial charge in [0.15, 0.2) is 5.96 Å². The third-order valence-electron chi connectivity index (χ3n) is 4.03. The standard InChI is InChI=1S/C18H28N4OS.HI/c1-14(15-8-5-4-6-9-15)20-18(19-12-17(23)22(2)3)21-16-10-7-11-24-13-16;/h4-6,8-9,14,16H,7,10-13H2,1-3H3,(H2,19,20,21);1H. The normalized spacial score (nSPS) is 18.7. The maximum atomic E-state index is 11.9. The van der Waals surface area contributed by atoms with Crippen molar-refractivity contribution in [2.45, 2.75) is 31.8 Å². The van der Waals surface area contributed by atoms with Crippen molar-refractivity contribution >= 4 is 47.6 Å². The monoisotopic (exact) mass is 476 g/mol. The number of benzene rings is 1. The second-order valence-electron chi connectivity index (χ2n) is 6.29. The smallest absolute Gasteiger partial charge is 0.243 e. The molecule has 1 aromatic carbocycles. The fourth-order valence-electron chi connectivity index (χ4n) is 2.50. The van der Waals surface area contributed by atoms with Gasteiger partial charge in [-0.05, 0) is 31.1 Å². The van der Waals surface area contributed by atoms with Crippen LogP contribution in [0.1, 0.15) is 31.4 Å². The highest BCUT2D eigenvalue weighted by molar-refractivity contribution is 14.0. The lowest BCUT2D eigenvalue weighted by Crippen LogP contribution is -2.46. The van der Waals surface area contributed by atoms with Gasteiger partial charge in [-0.2, -0.15) is 11.8 Å². The van der Waals surface area contributed by atoms with Crippen LogP contribution < -0.4 is 10.6 Å². The van der Waals surface area contributed by atoms with E-state index in [1.54, 1.807) is 19.0 Å². The van der Waals surface area contributed by atoms with Gasteiger partial charge in [-0.15, -0.1) is 24.0 Å². The summed E-state index contributed by atoms with van der Waals surface area (Å²) in [6.45, 7) is 2.26. The quantitative estimate of drug-likeness (QED) is 0.390. The number of hydrogen-bond donors (Lipinski definition) is 2. The number of amides is 1. The van der Waals surface area contributed by atoms with E-state index < -0.39 is 0 Å². The number of aliphatic imine (C=N–C) groups is 1. The van der Waals surface area contributed by atoms with E-state index in [0.717, 1.165) is 12.2 Å². The number of halogens is 1. The number of rotatable bonds is 5. The molecule has 0 radical (unpaired) electrons. The second kappa shape index (κ2) is 11.6. The minimum Gasteiger partial charge on any atom is -0.353 e. The molecule has 1 saturated heterocycles. The van der Waals surface area contributed by atoms with E-state index in [2.05, 4.69) is 34.7 Å². The van der Waals surface area contributed by atoms with Crippen LogP contribution >= 0.6 is 35.7 Å². The summed E-state index contributed by atoms with van der Waals surface area (Å²) in [5.41, 5.74) is 1.20. The van der Waals surface area contributed by atoms with E-state index >= 15 is 0 Å². The molecule has 2 rings (SSSR count). The van der Waals surface area contributed by atoms with Crippen molar-refractivity contribution in [2.75, 3.05) is 32.1 Å². The summed E-state index contributed by atoms with van der Waals surface area (Å²) in [5, 5.41) is 6.93. The molecule has 25 heavy (non-hydrogen) atoms. The molecule has 0 aliphatic carbocycles. The first kappa shape index (κ1) is 22.1. The zero-order valence-electron chi connectivity index (χ0n) is 15.2. The molecule has 1 heterocycles. The minimum atomic E-state index is 0. The summed E-state index contributed by atoms with van der Waals surface area (Å²) in [6.07, 6.45) is 2.37. The maximum absolute atomic E-state index is 11.9. The van der Waals surface area contributed by atoms with Gasteiger partial charge in [0.05, 0.1) is 6.04 Å². The van der Waals surface area contributed by atoms with E-state index in [-0.39, 0.29) is 42.5 Å². The molecular weight excluding hydrogens is 447 g/mol. The summed E-state index contributed by atoms with van der Waals surface area (Å²) in [5.74, 6) is 3.04. The van der Waals surface area contributed by atoms with Gasteiger partial charge in [0, 0.05) is 25.9 Å². The molecule has 1 fully saturated rings. The lowest BCUT2D eigenvalue weighted by molar-refractivity contribution is -0.127. The summed E-state index contributed by atoms with van der Waals surface area (Å²) >= 11 is 1.97. The number of nitrogens with one attached hydrogen (secondary N) is 2. The Balaban J connectivity index is 0.00000312. The number of carbonyl (C=O) groups excluding carboxylic acids is 1. The molecule has 7 heteroatoms. The third kappa shape index (κ3) is 7.85. The van der Waals surface area contributed by atoms with Gasteiger partial charge in [-0.25, -0.2) is 4.99 Å². The molecule has 5 nitrogen and oxygen atoms in total. The predicted octanol–water partition coefficient (Wildman–Crippen LogP) is 2.88. The Morgan fingerprint density at radius 2 is 2.08 bits per heavy atom. The second-order valence-corrected chi connectivity index (χ2v) is 7.44. The number of thioether (sulfide) groups is 1. The average molecular weight is 476 g/mol. The summed E-state index contributed by atoms with van der Waals surface area (Å²) in [4.78, 5) is 17.9. The fraction of sp³-hybridized carbons (Fsp3) is 0.556. The van der Waals surface area contributed by atoms with Crippen LogP contribution in [-0.4, -0.2) is 55.0 Å². The van der Waals surface area contributed by atoms with Crippen LogP contribution in [0, 0.1) is 0 Å². The first-order chi connectivity index (χ1) is 11.6. The van der Waals surface area contributed by atoms with Crippen LogP contribution in [-0.2, 0) is 4.79 Å². The van der Waals surface area contributed by atoms with Crippen LogP contribution in [0.2, 0.25) is 0 Å². The van der Waals surface area contributed by atoms with Gasteiger partial charge in [-0.3, -0.25) is 4.79 Å². The van der Waals surface area contributed by atoms with Gasteiger partial charge in [0.2, 0.25) is 5.91 Å². The van der Waals surface area contributed by atoms with Gasteiger partial charge in [0.25, 0.3) is 0 Å². The highest BCUT2D eigenvalue weighted by Crippen LogP contribution is 2.17. The van der Waals surface area contributed by atoms with Gasteiger partial charge >= 0.3 is 0 Å². The zero-order chi connectivity index (χ0) is 17.4. The molecule has 2 N–H and O–H groups in total. The van der Waals surface area contributed by atoms with Crippen LogP contribution in [0.3, 0.4) is 0 Å². The number of carbonyl (C=O) groups is 1. The van der Waals surface area contributed by atoms with E-state index in [1.165, 1.54) is 17.7 Å². The number of nitrogens with zero attached hydrogens (tertiary/aromatic N) is 2. The molecule has 0 aromatic heterocycles. The first-order valence-corrected chi connectivity index (χ1v) is 9.62. The lowest BCUT2D eigenvalue weighted by Gasteiger charge is -2.26. The topological polar surface area (TPSA) is 56.7 Å². The van der Waals surface area contributed by atoms with Crippen molar-refractivity contribution < 1.29 is 4.79 Å². The zero-order valence-corrected chi connectivity index (χ0v) is 18.3. The predicted molar refractivity (Wildman–Crippen MR) is 118 cm³/mol. The largest absolute Gasteiger partial charge is 0.353 e. The number of guanidine groups is 1. The molecule has 140 valence electrons. The Morgan fingerprint density at radius 3 is 2.68 bits per heavy atom. The third-order valence-corrected chi connectivity index (χ3v) is 5.24. The molecule has 1 aromatic rings. The van der Waals surface area contributed by atoms with E-state index in [4.69, 9.17) is 0 Å². The van der Waals surface area contributed by atoms with Crippen molar-refractivity contribution in [2.24, 2.45) is 4.99 Å². The molecule has 1 aliphatic heterocycles. The van der Waals surface area contributed by atoms with Crippen LogP contribution in [0.15, 0.2) is 35.3 Å². The molecule has 1 aliphatic rings. The van der Waals surface area contributed by atoms with Crippen molar-refractivity contribution in [1.82, 2.24) is 15.5 Å². The Morgan fingerprint density at radius 1 is 1.36 bits per heavy atom. The average Bonchev–Trinajstić information content (AvgIpc) is 2.60. The summed E-state index contributed by atoms with van der Waals surface area (Å²) < 4.78 is 0. The fourth-order valence-corrected chi connectivity index (χ4v) is 3.57. The Hall–Kier alpha value is -0.960. The highest BCUT2D eigenvalue weighted by Gasteiger charge is 2.17. The number of hydrogen-bond acceptors (Lipinski definition) is 3. The molecular formula is C18H29IN4OS. The van der Waals surface area contributed by atoms with Gasteiger partial charge < -0.3 is 15.5 Å². The lowest BCUT2D eigenvalue weighted by atomic mass is 10.1. The van der Waals surface area contributed by atoms with Gasteiger partial charge in [0.1, 0.15) is 6.54 Å². The maximum Gasteiger partial charge on any atom is 0.243 e. The molecule has 2 atom stereocenters. The van der Waals surface area contributed by atoms with Gasteiger partial charge in [-0.1, -0.05) is 30.3 Å². The molecule has 0 spiro atoms. The SMILES string of the molecule is CC(NC(=NCC(=O)N(C)C)NC1CCCSC1)c1ccccc1.I. The Kier molecular flexibility index (Phi) is 10.3. The Bertz CT molecular complexity index is 547. The first-order valence-electron chi connectivity index (χ1n) is 8.46.